The van der Waals surface area contributed by atoms with E-state index in [-0.39, 0.29) is 35.2 Å². The number of carbonyl (C=O) groups excluding carboxylic acids is 2. The van der Waals surface area contributed by atoms with Gasteiger partial charge in [-0.3, -0.25) is 19.8 Å². The first-order valence-corrected chi connectivity index (χ1v) is 16.0. The number of nitrogens with zero attached hydrogens (tertiary/aromatic N) is 2. The minimum atomic E-state index is -0.867. The molecule has 0 aliphatic carbocycles. The van der Waals surface area contributed by atoms with Gasteiger partial charge in [0.05, 0.1) is 23.0 Å². The summed E-state index contributed by atoms with van der Waals surface area (Å²) >= 11 is 0.959. The van der Waals surface area contributed by atoms with Crippen LogP contribution in [0.2, 0.25) is 0 Å². The van der Waals surface area contributed by atoms with Crippen molar-refractivity contribution in [3.05, 3.63) is 82.0 Å². The van der Waals surface area contributed by atoms with Gasteiger partial charge >= 0.3 is 11.0 Å². The van der Waals surface area contributed by atoms with Gasteiger partial charge in [0, 0.05) is 49.9 Å². The van der Waals surface area contributed by atoms with Crippen molar-refractivity contribution in [2.24, 2.45) is 0 Å². The number of benzene rings is 3. The first-order chi connectivity index (χ1) is 21.8. The van der Waals surface area contributed by atoms with Gasteiger partial charge in [0.25, 0.3) is 0 Å². The van der Waals surface area contributed by atoms with E-state index in [0.29, 0.717) is 67.0 Å². The number of piperidine rings is 1. The lowest BCUT2D eigenvalue weighted by molar-refractivity contribution is -0.132. The van der Waals surface area contributed by atoms with Crippen molar-refractivity contribution < 1.29 is 24.5 Å². The number of ether oxygens (including phenoxy) is 1. The molecule has 0 bridgehead atoms. The fraction of sp³-hybridized carbons (Fsp3) is 0.364. The van der Waals surface area contributed by atoms with E-state index in [0.717, 1.165) is 28.9 Å². The Bertz CT molecular complexity index is 1700. The molecular weight excluding hydrogens is 594 g/mol. The molecule has 6 rings (SSSR count). The summed E-state index contributed by atoms with van der Waals surface area (Å²) in [5, 5.41) is 27.1. The number of hydrogen-bond donors (Lipinski definition) is 5. The highest BCUT2D eigenvalue weighted by Gasteiger charge is 2.30. The van der Waals surface area contributed by atoms with E-state index in [9.17, 15) is 24.6 Å². The fourth-order valence-corrected chi connectivity index (χ4v) is 6.99. The zero-order valence-electron chi connectivity index (χ0n) is 24.8. The van der Waals surface area contributed by atoms with Crippen LogP contribution in [0, 0.1) is 0 Å². The van der Waals surface area contributed by atoms with Crippen molar-refractivity contribution in [2.45, 2.75) is 37.5 Å². The average molecular weight is 632 g/mol. The van der Waals surface area contributed by atoms with Crippen LogP contribution in [-0.4, -0.2) is 88.4 Å². The molecule has 45 heavy (non-hydrogen) atoms. The number of phenols is 1. The van der Waals surface area contributed by atoms with Crippen LogP contribution >= 0.6 is 11.3 Å². The molecular formula is C33H37N5O6S. The predicted molar refractivity (Wildman–Crippen MR) is 174 cm³/mol. The maximum atomic E-state index is 13.1. The third kappa shape index (κ3) is 7.36. The minimum absolute atomic E-state index is 0.0276. The number of aromatic nitrogens is 1. The number of carbonyl (C=O) groups is 2. The summed E-state index contributed by atoms with van der Waals surface area (Å²) < 4.78 is 6.27. The number of aliphatic hydroxyl groups is 1. The summed E-state index contributed by atoms with van der Waals surface area (Å²) in [6, 6.07) is 20.7. The monoisotopic (exact) mass is 631 g/mol. The molecule has 12 heteroatoms. The van der Waals surface area contributed by atoms with Gasteiger partial charge in [-0.2, -0.15) is 0 Å². The van der Waals surface area contributed by atoms with Gasteiger partial charge in [-0.25, -0.2) is 4.79 Å². The molecule has 5 N–H and O–H groups in total. The Morgan fingerprint density at radius 3 is 2.56 bits per heavy atom. The second-order valence-electron chi connectivity index (χ2n) is 11.6. The molecule has 0 unspecified atom stereocenters. The molecule has 2 aliphatic heterocycles. The maximum absolute atomic E-state index is 13.1. The molecule has 11 nitrogen and oxygen atoms in total. The number of H-pyrrole nitrogens is 1. The third-order valence-corrected chi connectivity index (χ3v) is 9.43. The third-order valence-electron chi connectivity index (χ3n) is 8.50. The number of rotatable bonds is 9. The maximum Gasteiger partial charge on any atom is 0.411 e. The summed E-state index contributed by atoms with van der Waals surface area (Å²) in [4.78, 5) is 43.8. The molecule has 0 radical (unpaired) electrons. The second-order valence-corrected chi connectivity index (χ2v) is 12.5. The molecule has 0 spiro atoms. The van der Waals surface area contributed by atoms with Gasteiger partial charge in [0.2, 0.25) is 5.91 Å². The first-order valence-electron chi connectivity index (χ1n) is 15.2. The van der Waals surface area contributed by atoms with E-state index >= 15 is 0 Å². The fourth-order valence-electron chi connectivity index (χ4n) is 6.07. The van der Waals surface area contributed by atoms with Crippen LogP contribution in [0.5, 0.6) is 5.75 Å². The van der Waals surface area contributed by atoms with E-state index in [1.807, 2.05) is 59.5 Å². The summed E-state index contributed by atoms with van der Waals surface area (Å²) in [5.74, 6) is 0.0342. The Labute approximate surface area is 264 Å². The van der Waals surface area contributed by atoms with Crippen molar-refractivity contribution in [1.82, 2.24) is 20.1 Å². The van der Waals surface area contributed by atoms with Crippen LogP contribution in [-0.2, 0) is 9.53 Å². The number of aliphatic hydroxyl groups excluding tert-OH is 1. The van der Waals surface area contributed by atoms with Gasteiger partial charge in [-0.05, 0) is 37.0 Å². The molecule has 1 aromatic heterocycles. The molecule has 2 aliphatic rings. The van der Waals surface area contributed by atoms with Crippen molar-refractivity contribution in [2.75, 3.05) is 44.6 Å². The SMILES string of the molecule is O=C(Nc1ccccc1-c1ccccc1)OC1CCN(CC(=O)N2CC[C@H](NC[C@H](O)c3ccc(O)c4[nH]c(=O)sc34)C2)CC1. The normalized spacial score (nSPS) is 18.2. The Balaban J connectivity index is 0.923. The van der Waals surface area contributed by atoms with E-state index in [1.54, 1.807) is 6.07 Å². The summed E-state index contributed by atoms with van der Waals surface area (Å²) in [6.07, 6.45) is 0.529. The van der Waals surface area contributed by atoms with Crippen LogP contribution in [0.4, 0.5) is 10.5 Å². The number of aromatic hydroxyl groups is 1. The van der Waals surface area contributed by atoms with Gasteiger partial charge < -0.3 is 30.2 Å². The molecule has 236 valence electrons. The number of anilines is 1. The summed E-state index contributed by atoms with van der Waals surface area (Å²) in [6.45, 7) is 3.10. The molecule has 4 aromatic rings. The van der Waals surface area contributed by atoms with Crippen LogP contribution in [0.1, 0.15) is 30.9 Å². The van der Waals surface area contributed by atoms with Crippen molar-refractivity contribution >= 4 is 39.2 Å². The lowest BCUT2D eigenvalue weighted by Crippen LogP contribution is -2.45. The standard InChI is InChI=1S/C33H37N5O6S/c39-27-11-10-25(31-30(27)36-33(43)45-31)28(40)18-34-22-12-17-38(19-22)29(41)20-37-15-13-23(14-16-37)44-32(42)35-26-9-5-4-8-24(26)21-6-2-1-3-7-21/h1-11,22-23,28,34,39-40H,12-20H2,(H,35,42)(H,36,43)/t22-,28-/m0/s1. The minimum Gasteiger partial charge on any atom is -0.506 e. The number of hydrogen-bond acceptors (Lipinski definition) is 9. The summed E-state index contributed by atoms with van der Waals surface area (Å²) in [7, 11) is 0. The smallest absolute Gasteiger partial charge is 0.411 e. The Morgan fingerprint density at radius 1 is 1.00 bits per heavy atom. The molecule has 0 saturated carbocycles. The van der Waals surface area contributed by atoms with Crippen LogP contribution in [0.25, 0.3) is 21.3 Å². The van der Waals surface area contributed by atoms with Crippen molar-refractivity contribution in [3.8, 4) is 16.9 Å². The van der Waals surface area contributed by atoms with Gasteiger partial charge in [0.15, 0.2) is 0 Å². The topological polar surface area (TPSA) is 147 Å². The van der Waals surface area contributed by atoms with Crippen molar-refractivity contribution in [1.29, 1.82) is 0 Å². The van der Waals surface area contributed by atoms with Crippen LogP contribution < -0.4 is 15.5 Å². The van der Waals surface area contributed by atoms with E-state index < -0.39 is 12.2 Å². The first kappa shape index (κ1) is 30.8. The number of fused-ring (bicyclic) bond motifs is 1. The Kier molecular flexibility index (Phi) is 9.45. The zero-order valence-corrected chi connectivity index (χ0v) is 25.6. The highest BCUT2D eigenvalue weighted by atomic mass is 32.1. The lowest BCUT2D eigenvalue weighted by Gasteiger charge is -2.32. The number of para-hydroxylation sites is 1. The number of phenolic OH excluding ortho intramolecular Hbond substituents is 1. The van der Waals surface area contributed by atoms with Crippen LogP contribution in [0.3, 0.4) is 0 Å². The second kappa shape index (κ2) is 13.8. The Morgan fingerprint density at radius 2 is 1.76 bits per heavy atom. The number of thiazole rings is 1. The lowest BCUT2D eigenvalue weighted by atomic mass is 10.0. The zero-order chi connectivity index (χ0) is 31.3. The Hall–Kier alpha value is -4.23. The number of nitrogens with one attached hydrogen (secondary N) is 3. The number of aromatic amines is 1. The highest BCUT2D eigenvalue weighted by molar-refractivity contribution is 7.16. The van der Waals surface area contributed by atoms with Gasteiger partial charge in [0.1, 0.15) is 17.4 Å². The summed E-state index contributed by atoms with van der Waals surface area (Å²) in [5.41, 5.74) is 3.54. The van der Waals surface area contributed by atoms with Crippen molar-refractivity contribution in [3.63, 3.8) is 0 Å². The number of likely N-dealkylation sites (tertiary alicyclic amines) is 2. The molecule has 2 atom stereocenters. The van der Waals surface area contributed by atoms with Gasteiger partial charge in [-0.15, -0.1) is 0 Å². The van der Waals surface area contributed by atoms with Crippen LogP contribution in [0.15, 0.2) is 71.5 Å². The molecule has 2 fully saturated rings. The molecule has 3 aromatic carbocycles. The van der Waals surface area contributed by atoms with Gasteiger partial charge in [-0.1, -0.05) is 65.9 Å². The quantitative estimate of drug-likeness (QED) is 0.187. The highest BCUT2D eigenvalue weighted by Crippen LogP contribution is 2.31. The molecule has 3 heterocycles. The number of amides is 2. The van der Waals surface area contributed by atoms with E-state index in [4.69, 9.17) is 4.74 Å². The largest absolute Gasteiger partial charge is 0.506 e. The predicted octanol–water partition coefficient (Wildman–Crippen LogP) is 3.90. The molecule has 2 amide bonds. The van der Waals surface area contributed by atoms with E-state index in [1.165, 1.54) is 6.07 Å². The molecule has 2 saturated heterocycles. The average Bonchev–Trinajstić information content (AvgIpc) is 3.69. The van der Waals surface area contributed by atoms with E-state index in [2.05, 4.69) is 20.5 Å².